The normalized spacial score (nSPS) is 12.9. The van der Waals surface area contributed by atoms with Gasteiger partial charge in [0.1, 0.15) is 13.2 Å². The zero-order valence-corrected chi connectivity index (χ0v) is 53.0. The van der Waals surface area contributed by atoms with Gasteiger partial charge in [-0.25, -0.2) is 0 Å². The van der Waals surface area contributed by atoms with E-state index >= 15 is 0 Å². The molecule has 0 aliphatic heterocycles. The zero-order chi connectivity index (χ0) is 58.5. The lowest BCUT2D eigenvalue weighted by Crippen LogP contribution is -2.30. The number of rotatable bonds is 61. The van der Waals surface area contributed by atoms with E-state index in [-0.39, 0.29) is 31.1 Å². The van der Waals surface area contributed by atoms with Crippen LogP contribution >= 0.6 is 0 Å². The number of hydrogen-bond acceptors (Lipinski definition) is 6. The SMILES string of the molecule is CC/C=C\C/C=C\C/C=C\C/C=C\C/C=C\CCCCCCCCCCCC(=O)OCC(COC(=O)CCCCCCCCCCCCCCCCC)OC(=O)CCCCCCCCC/C=C\C/C=C\C/C=C\C/C=C\C/C=C\CC. The lowest BCUT2D eigenvalue weighted by atomic mass is 10.0. The molecule has 0 aromatic carbocycles. The van der Waals surface area contributed by atoms with Crippen molar-refractivity contribution in [2.24, 2.45) is 0 Å². The molecule has 0 saturated heterocycles. The summed E-state index contributed by atoms with van der Waals surface area (Å²) in [6.45, 7) is 6.43. The Morgan fingerprint density at radius 1 is 0.259 bits per heavy atom. The van der Waals surface area contributed by atoms with E-state index in [0.29, 0.717) is 19.3 Å². The van der Waals surface area contributed by atoms with Crippen LogP contribution < -0.4 is 0 Å². The Labute approximate surface area is 501 Å². The Kier molecular flexibility index (Phi) is 64.8. The summed E-state index contributed by atoms with van der Waals surface area (Å²) in [6, 6.07) is 0. The van der Waals surface area contributed by atoms with Crippen LogP contribution in [-0.2, 0) is 28.6 Å². The van der Waals surface area contributed by atoms with Crippen molar-refractivity contribution < 1.29 is 28.6 Å². The molecule has 0 N–H and O–H groups in total. The van der Waals surface area contributed by atoms with Crippen molar-refractivity contribution in [2.45, 2.75) is 322 Å². The molecule has 1 atom stereocenters. The van der Waals surface area contributed by atoms with E-state index in [1.165, 1.54) is 141 Å². The van der Waals surface area contributed by atoms with Crippen LogP contribution in [0.15, 0.2) is 122 Å². The topological polar surface area (TPSA) is 78.9 Å². The first kappa shape index (κ1) is 76.8. The molecule has 0 radical (unpaired) electrons. The summed E-state index contributed by atoms with van der Waals surface area (Å²) >= 11 is 0. The Balaban J connectivity index is 4.39. The number of carbonyl (C=O) groups is 3. The van der Waals surface area contributed by atoms with Crippen LogP contribution in [0.1, 0.15) is 316 Å². The Hall–Kier alpha value is -4.19. The first-order chi connectivity index (χ1) is 40.0. The first-order valence-corrected chi connectivity index (χ1v) is 34.0. The van der Waals surface area contributed by atoms with E-state index < -0.39 is 6.10 Å². The molecule has 462 valence electrons. The first-order valence-electron chi connectivity index (χ1n) is 34.0. The predicted molar refractivity (Wildman–Crippen MR) is 353 cm³/mol. The van der Waals surface area contributed by atoms with E-state index in [2.05, 4.69) is 142 Å². The van der Waals surface area contributed by atoms with Gasteiger partial charge in [-0.2, -0.15) is 0 Å². The molecule has 0 amide bonds. The lowest BCUT2D eigenvalue weighted by Gasteiger charge is -2.18. The number of unbranched alkanes of at least 4 members (excludes halogenated alkanes) is 30. The maximum atomic E-state index is 13.0. The van der Waals surface area contributed by atoms with Crippen molar-refractivity contribution >= 4 is 17.9 Å². The summed E-state index contributed by atoms with van der Waals surface area (Å²) in [7, 11) is 0. The van der Waals surface area contributed by atoms with Gasteiger partial charge in [-0.15, -0.1) is 0 Å². The van der Waals surface area contributed by atoms with Crippen LogP contribution in [0.3, 0.4) is 0 Å². The molecule has 0 saturated carbocycles. The van der Waals surface area contributed by atoms with Crippen LogP contribution in [0.4, 0.5) is 0 Å². The van der Waals surface area contributed by atoms with Crippen LogP contribution in [0.25, 0.3) is 0 Å². The Morgan fingerprint density at radius 3 is 0.753 bits per heavy atom. The number of hydrogen-bond donors (Lipinski definition) is 0. The minimum atomic E-state index is -0.790. The highest BCUT2D eigenvalue weighted by atomic mass is 16.6. The summed E-state index contributed by atoms with van der Waals surface area (Å²) in [6.07, 6.45) is 94.9. The second kappa shape index (κ2) is 68.3. The smallest absolute Gasteiger partial charge is 0.306 e. The third-order valence-electron chi connectivity index (χ3n) is 14.5. The minimum Gasteiger partial charge on any atom is -0.462 e. The van der Waals surface area contributed by atoms with Crippen LogP contribution in [0.5, 0.6) is 0 Å². The molecule has 0 bridgehead atoms. The molecule has 0 spiro atoms. The molecule has 0 aliphatic carbocycles. The van der Waals surface area contributed by atoms with Crippen LogP contribution in [0, 0.1) is 0 Å². The van der Waals surface area contributed by atoms with Gasteiger partial charge < -0.3 is 14.2 Å². The lowest BCUT2D eigenvalue weighted by molar-refractivity contribution is -0.167. The third kappa shape index (κ3) is 66.5. The van der Waals surface area contributed by atoms with Gasteiger partial charge in [-0.05, 0) is 109 Å². The standard InChI is InChI=1S/C75H126O6/c1-4-7-10-13-16-19-22-25-28-30-32-34-36-37-39-40-42-44-47-50-53-56-59-62-65-68-74(77)80-71-72(70-79-73(76)67-64-61-58-55-52-49-46-27-24-21-18-15-12-9-6-3)81-75(78)69-66-63-60-57-54-51-48-45-43-41-38-35-33-31-29-26-23-20-17-14-11-8-5-2/h7-8,10-11,16-17,19-20,25-26,28-29,32-35,37,39,41,43,72H,4-6,9,12-15,18,21-24,27,30-31,36,38,40,42,44-71H2,1-3H3/b10-7-,11-8-,19-16-,20-17-,28-25-,29-26-,34-32-,35-33-,39-37-,43-41-. The van der Waals surface area contributed by atoms with Crippen molar-refractivity contribution in [3.05, 3.63) is 122 Å². The summed E-state index contributed by atoms with van der Waals surface area (Å²) < 4.78 is 17.0. The molecule has 0 aromatic rings. The molecule has 0 aliphatic rings. The molecular weight excluding hydrogens is 997 g/mol. The van der Waals surface area contributed by atoms with E-state index in [1.54, 1.807) is 0 Å². The fourth-order valence-electron chi connectivity index (χ4n) is 9.44. The molecule has 0 heterocycles. The van der Waals surface area contributed by atoms with Crippen molar-refractivity contribution in [2.75, 3.05) is 13.2 Å². The fraction of sp³-hybridized carbons (Fsp3) is 0.693. The third-order valence-corrected chi connectivity index (χ3v) is 14.5. The molecule has 6 nitrogen and oxygen atoms in total. The maximum absolute atomic E-state index is 13.0. The molecule has 1 unspecified atom stereocenters. The van der Waals surface area contributed by atoms with Crippen molar-refractivity contribution in [3.63, 3.8) is 0 Å². The number of carbonyl (C=O) groups excluding carboxylic acids is 3. The van der Waals surface area contributed by atoms with Crippen molar-refractivity contribution in [3.8, 4) is 0 Å². The highest BCUT2D eigenvalue weighted by Crippen LogP contribution is 2.17. The number of allylic oxidation sites excluding steroid dienone is 20. The largest absolute Gasteiger partial charge is 0.462 e. The van der Waals surface area contributed by atoms with Gasteiger partial charge in [0, 0.05) is 19.3 Å². The van der Waals surface area contributed by atoms with E-state index in [1.807, 2.05) is 0 Å². The van der Waals surface area contributed by atoms with E-state index in [9.17, 15) is 14.4 Å². The van der Waals surface area contributed by atoms with Gasteiger partial charge in [0.15, 0.2) is 6.10 Å². The Bertz CT molecular complexity index is 1670. The molecular formula is C75H126O6. The minimum absolute atomic E-state index is 0.0837. The average Bonchev–Trinajstić information content (AvgIpc) is 3.47. The summed E-state index contributed by atoms with van der Waals surface area (Å²) in [4.78, 5) is 38.4. The maximum Gasteiger partial charge on any atom is 0.306 e. The highest BCUT2D eigenvalue weighted by molar-refractivity contribution is 5.71. The number of ether oxygens (including phenoxy) is 3. The van der Waals surface area contributed by atoms with Crippen molar-refractivity contribution in [1.29, 1.82) is 0 Å². The predicted octanol–water partition coefficient (Wildman–Crippen LogP) is 23.6. The van der Waals surface area contributed by atoms with Crippen LogP contribution in [0.2, 0.25) is 0 Å². The summed E-state index contributed by atoms with van der Waals surface area (Å²) in [5.41, 5.74) is 0. The van der Waals surface area contributed by atoms with E-state index in [4.69, 9.17) is 14.2 Å². The van der Waals surface area contributed by atoms with Gasteiger partial charge in [0.05, 0.1) is 0 Å². The van der Waals surface area contributed by atoms with Gasteiger partial charge in [0.25, 0.3) is 0 Å². The molecule has 0 rings (SSSR count). The van der Waals surface area contributed by atoms with Crippen LogP contribution in [-0.4, -0.2) is 37.2 Å². The van der Waals surface area contributed by atoms with Gasteiger partial charge in [-0.3, -0.25) is 14.4 Å². The second-order valence-corrected chi connectivity index (χ2v) is 22.3. The van der Waals surface area contributed by atoms with Gasteiger partial charge in [-0.1, -0.05) is 309 Å². The van der Waals surface area contributed by atoms with Gasteiger partial charge in [0.2, 0.25) is 0 Å². The average molecular weight is 1120 g/mol. The second-order valence-electron chi connectivity index (χ2n) is 22.3. The quantitative estimate of drug-likeness (QED) is 0.0261. The molecule has 6 heteroatoms. The number of esters is 3. The van der Waals surface area contributed by atoms with E-state index in [0.717, 1.165) is 135 Å². The molecule has 81 heavy (non-hydrogen) atoms. The van der Waals surface area contributed by atoms with Gasteiger partial charge >= 0.3 is 17.9 Å². The zero-order valence-electron chi connectivity index (χ0n) is 53.0. The fourth-order valence-corrected chi connectivity index (χ4v) is 9.44. The summed E-state index contributed by atoms with van der Waals surface area (Å²) in [5.74, 6) is -0.890. The van der Waals surface area contributed by atoms with Crippen molar-refractivity contribution in [1.82, 2.24) is 0 Å². The molecule has 0 fully saturated rings. The Morgan fingerprint density at radius 2 is 0.481 bits per heavy atom. The highest BCUT2D eigenvalue weighted by Gasteiger charge is 2.19. The molecule has 0 aromatic heterocycles. The monoisotopic (exact) mass is 1120 g/mol. The summed E-state index contributed by atoms with van der Waals surface area (Å²) in [5, 5.41) is 0.